The molecule has 3 aromatic rings. The van der Waals surface area contributed by atoms with Gasteiger partial charge in [-0.25, -0.2) is 0 Å². The lowest BCUT2D eigenvalue weighted by molar-refractivity contribution is -0.384. The third-order valence-corrected chi connectivity index (χ3v) is 5.64. The maximum Gasteiger partial charge on any atom is 0.293 e. The minimum atomic E-state index is -0.468. The monoisotopic (exact) mass is 404 g/mol. The molecule has 0 aliphatic carbocycles. The summed E-state index contributed by atoms with van der Waals surface area (Å²) < 4.78 is 0. The molecule has 0 aromatic heterocycles. The second kappa shape index (κ2) is 8.51. The van der Waals surface area contributed by atoms with Gasteiger partial charge in [0.15, 0.2) is 0 Å². The van der Waals surface area contributed by atoms with E-state index in [-0.39, 0.29) is 11.6 Å². The first-order chi connectivity index (χ1) is 14.6. The summed E-state index contributed by atoms with van der Waals surface area (Å²) >= 11 is 0. The summed E-state index contributed by atoms with van der Waals surface area (Å²) in [7, 11) is 1.62. The second-order valence-electron chi connectivity index (χ2n) is 7.45. The number of rotatable bonds is 5. The molecular formula is C23H24N4O3. The van der Waals surface area contributed by atoms with Crippen molar-refractivity contribution < 1.29 is 9.72 Å². The highest BCUT2D eigenvalue weighted by molar-refractivity contribution is 5.96. The Morgan fingerprint density at radius 2 is 1.77 bits per heavy atom. The van der Waals surface area contributed by atoms with Crippen LogP contribution in [0.25, 0.3) is 10.8 Å². The van der Waals surface area contributed by atoms with E-state index in [0.29, 0.717) is 24.3 Å². The average Bonchev–Trinajstić information content (AvgIpc) is 2.79. The first-order valence-corrected chi connectivity index (χ1v) is 10.0. The average molecular weight is 404 g/mol. The van der Waals surface area contributed by atoms with Gasteiger partial charge >= 0.3 is 0 Å². The van der Waals surface area contributed by atoms with E-state index in [1.54, 1.807) is 24.1 Å². The molecule has 1 N–H and O–H groups in total. The molecule has 0 spiro atoms. The van der Waals surface area contributed by atoms with Gasteiger partial charge in [0.25, 0.3) is 11.6 Å². The molecule has 0 saturated carbocycles. The first-order valence-electron chi connectivity index (χ1n) is 10.0. The number of carbonyl (C=O) groups is 1. The van der Waals surface area contributed by atoms with Gasteiger partial charge in [-0.1, -0.05) is 42.5 Å². The van der Waals surface area contributed by atoms with Gasteiger partial charge in [0.1, 0.15) is 5.69 Å². The molecule has 1 aliphatic rings. The predicted molar refractivity (Wildman–Crippen MR) is 118 cm³/mol. The van der Waals surface area contributed by atoms with E-state index in [1.165, 1.54) is 22.4 Å². The van der Waals surface area contributed by atoms with Crippen LogP contribution in [0.2, 0.25) is 0 Å². The molecule has 0 atom stereocenters. The molecule has 0 radical (unpaired) electrons. The molecule has 30 heavy (non-hydrogen) atoms. The number of hydrogen-bond donors (Lipinski definition) is 1. The minimum absolute atomic E-state index is 0.0852. The third-order valence-electron chi connectivity index (χ3n) is 5.64. The van der Waals surface area contributed by atoms with Crippen LogP contribution in [0.15, 0.2) is 60.7 Å². The molecule has 0 unspecified atom stereocenters. The van der Waals surface area contributed by atoms with Crippen LogP contribution in [0.3, 0.4) is 0 Å². The summed E-state index contributed by atoms with van der Waals surface area (Å²) in [5, 5.41) is 16.6. The predicted octanol–water partition coefficient (Wildman–Crippen LogP) is 3.75. The van der Waals surface area contributed by atoms with Crippen molar-refractivity contribution in [3.05, 3.63) is 81.9 Å². The van der Waals surface area contributed by atoms with Crippen molar-refractivity contribution in [3.63, 3.8) is 0 Å². The zero-order valence-electron chi connectivity index (χ0n) is 16.9. The highest BCUT2D eigenvalue weighted by Crippen LogP contribution is 2.26. The van der Waals surface area contributed by atoms with Crippen LogP contribution in [0.4, 0.5) is 11.4 Å². The quantitative estimate of drug-likeness (QED) is 0.518. The number of nitrogens with zero attached hydrogens (tertiary/aromatic N) is 3. The van der Waals surface area contributed by atoms with Crippen molar-refractivity contribution in [1.82, 2.24) is 9.80 Å². The van der Waals surface area contributed by atoms with Crippen LogP contribution in [-0.2, 0) is 6.54 Å². The third kappa shape index (κ3) is 3.97. The van der Waals surface area contributed by atoms with E-state index in [2.05, 4.69) is 46.6 Å². The van der Waals surface area contributed by atoms with Gasteiger partial charge in [-0.3, -0.25) is 19.8 Å². The Bertz CT molecular complexity index is 1090. The maximum atomic E-state index is 12.9. The summed E-state index contributed by atoms with van der Waals surface area (Å²) in [5.74, 6) is -0.162. The Hall–Kier alpha value is -3.45. The number of fused-ring (bicyclic) bond motifs is 1. The van der Waals surface area contributed by atoms with Gasteiger partial charge in [-0.15, -0.1) is 0 Å². The summed E-state index contributed by atoms with van der Waals surface area (Å²) in [6.07, 6.45) is 0. The standard InChI is InChI=1S/C23H24N4O3/c1-24-21-10-9-18(15-22(21)27(29)30)23(28)26-13-11-25(12-14-26)16-19-7-4-6-17-5-2-3-8-20(17)19/h2-10,15,24H,11-14,16H2,1H3. The van der Waals surface area contributed by atoms with Crippen molar-refractivity contribution >= 4 is 28.1 Å². The number of nitro benzene ring substituents is 1. The Morgan fingerprint density at radius 3 is 2.50 bits per heavy atom. The van der Waals surface area contributed by atoms with Gasteiger partial charge in [0.2, 0.25) is 0 Å². The largest absolute Gasteiger partial charge is 0.383 e. The molecule has 0 bridgehead atoms. The van der Waals surface area contributed by atoms with Gasteiger partial charge in [0.05, 0.1) is 4.92 Å². The zero-order valence-corrected chi connectivity index (χ0v) is 16.9. The molecule has 3 aromatic carbocycles. The molecular weight excluding hydrogens is 380 g/mol. The SMILES string of the molecule is CNc1ccc(C(=O)N2CCN(Cc3cccc4ccccc34)CC2)cc1[N+](=O)[O-]. The lowest BCUT2D eigenvalue weighted by Gasteiger charge is -2.35. The van der Waals surface area contributed by atoms with Crippen LogP contribution in [0.5, 0.6) is 0 Å². The van der Waals surface area contributed by atoms with E-state index in [0.717, 1.165) is 19.6 Å². The Labute approximate surface area is 175 Å². The number of benzene rings is 3. The molecule has 1 amide bonds. The fourth-order valence-electron chi connectivity index (χ4n) is 3.99. The molecule has 154 valence electrons. The normalized spacial score (nSPS) is 14.6. The molecule has 1 heterocycles. The fraction of sp³-hybridized carbons (Fsp3) is 0.261. The summed E-state index contributed by atoms with van der Waals surface area (Å²) in [6.45, 7) is 3.58. The van der Waals surface area contributed by atoms with Crippen LogP contribution >= 0.6 is 0 Å². The van der Waals surface area contributed by atoms with E-state index < -0.39 is 4.92 Å². The van der Waals surface area contributed by atoms with Gasteiger partial charge in [-0.2, -0.15) is 0 Å². The number of hydrogen-bond acceptors (Lipinski definition) is 5. The molecule has 1 aliphatic heterocycles. The Balaban J connectivity index is 1.42. The van der Waals surface area contributed by atoms with Crippen LogP contribution < -0.4 is 5.32 Å². The number of anilines is 1. The highest BCUT2D eigenvalue weighted by atomic mass is 16.6. The van der Waals surface area contributed by atoms with Crippen molar-refractivity contribution in [2.24, 2.45) is 0 Å². The van der Waals surface area contributed by atoms with E-state index in [9.17, 15) is 14.9 Å². The molecule has 4 rings (SSSR count). The highest BCUT2D eigenvalue weighted by Gasteiger charge is 2.24. The maximum absolute atomic E-state index is 12.9. The van der Waals surface area contributed by atoms with Gasteiger partial charge < -0.3 is 10.2 Å². The molecule has 1 fully saturated rings. The van der Waals surface area contributed by atoms with Crippen LogP contribution in [0.1, 0.15) is 15.9 Å². The van der Waals surface area contributed by atoms with E-state index in [1.807, 2.05) is 6.07 Å². The van der Waals surface area contributed by atoms with Crippen molar-refractivity contribution in [2.45, 2.75) is 6.54 Å². The van der Waals surface area contributed by atoms with Crippen molar-refractivity contribution in [2.75, 3.05) is 38.5 Å². The molecule has 1 saturated heterocycles. The topological polar surface area (TPSA) is 78.7 Å². The Morgan fingerprint density at radius 1 is 1.03 bits per heavy atom. The van der Waals surface area contributed by atoms with E-state index in [4.69, 9.17) is 0 Å². The fourth-order valence-corrected chi connectivity index (χ4v) is 3.99. The second-order valence-corrected chi connectivity index (χ2v) is 7.45. The van der Waals surface area contributed by atoms with Crippen molar-refractivity contribution in [1.29, 1.82) is 0 Å². The van der Waals surface area contributed by atoms with Gasteiger partial charge in [0, 0.05) is 51.4 Å². The van der Waals surface area contributed by atoms with Crippen LogP contribution in [0, 0.1) is 10.1 Å². The summed E-state index contributed by atoms with van der Waals surface area (Å²) in [5.41, 5.74) is 1.95. The number of nitro groups is 1. The van der Waals surface area contributed by atoms with Crippen LogP contribution in [-0.4, -0.2) is 53.9 Å². The number of nitrogens with one attached hydrogen (secondary N) is 1. The number of carbonyl (C=O) groups excluding carboxylic acids is 1. The van der Waals surface area contributed by atoms with E-state index >= 15 is 0 Å². The first kappa shape index (κ1) is 19.8. The minimum Gasteiger partial charge on any atom is -0.383 e. The summed E-state index contributed by atoms with van der Waals surface area (Å²) in [6, 6.07) is 19.3. The summed E-state index contributed by atoms with van der Waals surface area (Å²) in [4.78, 5) is 27.8. The van der Waals surface area contributed by atoms with Crippen molar-refractivity contribution in [3.8, 4) is 0 Å². The molecule has 7 nitrogen and oxygen atoms in total. The lowest BCUT2D eigenvalue weighted by Crippen LogP contribution is -2.48. The number of amides is 1. The lowest BCUT2D eigenvalue weighted by atomic mass is 10.0. The number of piperazine rings is 1. The van der Waals surface area contributed by atoms with Gasteiger partial charge in [-0.05, 0) is 28.5 Å². The smallest absolute Gasteiger partial charge is 0.293 e. The Kier molecular flexibility index (Phi) is 5.63. The zero-order chi connectivity index (χ0) is 21.1. The molecule has 7 heteroatoms.